The largest absolute Gasteiger partial charge is 0.460 e. The zero-order valence-corrected chi connectivity index (χ0v) is 20.8. The van der Waals surface area contributed by atoms with Crippen LogP contribution < -0.4 is 5.32 Å². The van der Waals surface area contributed by atoms with E-state index in [0.29, 0.717) is 19.4 Å². The Labute approximate surface area is 205 Å². The van der Waals surface area contributed by atoms with Gasteiger partial charge in [-0.05, 0) is 31.9 Å². The van der Waals surface area contributed by atoms with Gasteiger partial charge in [-0.2, -0.15) is 0 Å². The predicted octanol–water partition coefficient (Wildman–Crippen LogP) is 3.19. The van der Waals surface area contributed by atoms with Gasteiger partial charge in [-0.1, -0.05) is 29.8 Å². The lowest BCUT2D eigenvalue weighted by molar-refractivity contribution is -0.125. The molecular weight excluding hydrogens is 448 g/mol. The highest BCUT2D eigenvalue weighted by atomic mass is 32.1. The number of aryl methyl sites for hydroxylation is 1. The van der Waals surface area contributed by atoms with Crippen molar-refractivity contribution >= 4 is 17.2 Å². The van der Waals surface area contributed by atoms with E-state index in [1.807, 2.05) is 6.07 Å². The molecule has 34 heavy (non-hydrogen) atoms. The number of carbonyl (C=O) groups excluding carboxylic acids is 1. The summed E-state index contributed by atoms with van der Waals surface area (Å²) in [6, 6.07) is 12.5. The summed E-state index contributed by atoms with van der Waals surface area (Å²) in [6.07, 6.45) is 2.33. The van der Waals surface area contributed by atoms with Gasteiger partial charge in [0, 0.05) is 62.3 Å². The Morgan fingerprint density at radius 3 is 2.56 bits per heavy atom. The quantitative estimate of drug-likeness (QED) is 0.462. The molecule has 2 aromatic heterocycles. The van der Waals surface area contributed by atoms with Crippen LogP contribution in [0.25, 0.3) is 11.3 Å². The molecule has 1 aliphatic rings. The van der Waals surface area contributed by atoms with Gasteiger partial charge in [-0.25, -0.2) is 0 Å². The molecule has 1 fully saturated rings. The number of aromatic nitrogens is 1. The molecule has 1 unspecified atom stereocenters. The van der Waals surface area contributed by atoms with E-state index in [9.17, 15) is 9.90 Å². The van der Waals surface area contributed by atoms with Gasteiger partial charge in [-0.3, -0.25) is 19.6 Å². The van der Waals surface area contributed by atoms with Crippen molar-refractivity contribution in [3.05, 3.63) is 64.3 Å². The van der Waals surface area contributed by atoms with Crippen molar-refractivity contribution in [2.75, 3.05) is 39.8 Å². The van der Waals surface area contributed by atoms with Crippen molar-refractivity contribution in [3.63, 3.8) is 0 Å². The van der Waals surface area contributed by atoms with E-state index in [-0.39, 0.29) is 11.8 Å². The van der Waals surface area contributed by atoms with Gasteiger partial charge in [0.25, 0.3) is 0 Å². The molecule has 8 heteroatoms. The van der Waals surface area contributed by atoms with Crippen LogP contribution in [0.2, 0.25) is 0 Å². The number of rotatable bonds is 10. The van der Waals surface area contributed by atoms with Gasteiger partial charge in [0.15, 0.2) is 0 Å². The molecule has 3 aromatic rings. The third-order valence-electron chi connectivity index (χ3n) is 6.42. The highest BCUT2D eigenvalue weighted by Crippen LogP contribution is 2.24. The average Bonchev–Trinajstić information content (AvgIpc) is 3.52. The van der Waals surface area contributed by atoms with E-state index in [1.54, 1.807) is 30.1 Å². The second kappa shape index (κ2) is 11.8. The van der Waals surface area contributed by atoms with Crippen molar-refractivity contribution < 1.29 is 14.3 Å². The molecule has 1 saturated heterocycles. The minimum absolute atomic E-state index is 0.0271. The highest BCUT2D eigenvalue weighted by Gasteiger charge is 2.25. The standard InChI is InChI=1S/C26H34N4O3S/c1-19-3-5-20(6-4-19)25-8-7-23(33-25)17-30-11-9-29(10-12-30)16-22(31)13-21(26(32)27-2)14-24-15-28-18-34-24/h3-8,15,18,21-22,31H,9-14,16-17H2,1-2H3,(H,27,32)/t21-,22?/m0/s1. The molecule has 2 N–H and O–H groups in total. The van der Waals surface area contributed by atoms with E-state index >= 15 is 0 Å². The number of aliphatic hydroxyl groups is 1. The van der Waals surface area contributed by atoms with E-state index in [1.165, 1.54) is 5.56 Å². The van der Waals surface area contributed by atoms with Crippen molar-refractivity contribution in [1.82, 2.24) is 20.1 Å². The summed E-state index contributed by atoms with van der Waals surface area (Å²) in [5.74, 6) is 1.60. The highest BCUT2D eigenvalue weighted by molar-refractivity contribution is 7.09. The number of carbonyl (C=O) groups is 1. The summed E-state index contributed by atoms with van der Waals surface area (Å²) >= 11 is 1.55. The minimum atomic E-state index is -0.538. The molecule has 3 heterocycles. The lowest BCUT2D eigenvalue weighted by Crippen LogP contribution is -2.48. The monoisotopic (exact) mass is 482 g/mol. The molecule has 0 radical (unpaired) electrons. The number of piperazine rings is 1. The van der Waals surface area contributed by atoms with Gasteiger partial charge in [0.05, 0.1) is 18.2 Å². The van der Waals surface area contributed by atoms with E-state index in [2.05, 4.69) is 57.4 Å². The number of β-amino-alcohol motifs (C(OH)–C–C–N with tert-alkyl or cyclic N) is 1. The van der Waals surface area contributed by atoms with Crippen LogP contribution in [-0.4, -0.2) is 71.7 Å². The fourth-order valence-electron chi connectivity index (χ4n) is 4.46. The maximum atomic E-state index is 12.3. The Kier molecular flexibility index (Phi) is 8.50. The van der Waals surface area contributed by atoms with Gasteiger partial charge in [0.1, 0.15) is 11.5 Å². The topological polar surface area (TPSA) is 81.8 Å². The van der Waals surface area contributed by atoms with Gasteiger partial charge in [-0.15, -0.1) is 11.3 Å². The zero-order chi connectivity index (χ0) is 23.9. The molecule has 182 valence electrons. The van der Waals surface area contributed by atoms with E-state index in [4.69, 9.17) is 4.42 Å². The van der Waals surface area contributed by atoms with Crippen molar-refractivity contribution in [1.29, 1.82) is 0 Å². The summed E-state index contributed by atoms with van der Waals surface area (Å²) < 4.78 is 6.09. The van der Waals surface area contributed by atoms with Gasteiger partial charge < -0.3 is 14.8 Å². The molecule has 0 spiro atoms. The van der Waals surface area contributed by atoms with Gasteiger partial charge in [0.2, 0.25) is 5.91 Å². The zero-order valence-electron chi connectivity index (χ0n) is 19.9. The fraction of sp³-hybridized carbons (Fsp3) is 0.462. The number of benzene rings is 1. The van der Waals surface area contributed by atoms with Crippen LogP contribution in [0.5, 0.6) is 0 Å². The first-order valence-corrected chi connectivity index (χ1v) is 12.8. The maximum absolute atomic E-state index is 12.3. The van der Waals surface area contributed by atoms with Gasteiger partial charge >= 0.3 is 0 Å². The molecule has 1 amide bonds. The summed E-state index contributed by atoms with van der Waals surface area (Å²) in [5.41, 5.74) is 4.11. The first-order chi connectivity index (χ1) is 16.5. The molecule has 0 saturated carbocycles. The summed E-state index contributed by atoms with van der Waals surface area (Å²) in [6.45, 7) is 7.08. The number of amides is 1. The second-order valence-electron chi connectivity index (χ2n) is 9.08. The summed E-state index contributed by atoms with van der Waals surface area (Å²) in [7, 11) is 1.65. The summed E-state index contributed by atoms with van der Waals surface area (Å²) in [4.78, 5) is 22.2. The average molecular weight is 483 g/mol. The maximum Gasteiger partial charge on any atom is 0.223 e. The Morgan fingerprint density at radius 1 is 1.15 bits per heavy atom. The van der Waals surface area contributed by atoms with E-state index in [0.717, 1.165) is 54.7 Å². The number of furan rings is 1. The van der Waals surface area contributed by atoms with Crippen LogP contribution in [0, 0.1) is 12.8 Å². The Hall–Kier alpha value is -2.52. The van der Waals surface area contributed by atoms with Crippen molar-refractivity contribution in [3.8, 4) is 11.3 Å². The molecule has 4 rings (SSSR count). The summed E-state index contributed by atoms with van der Waals surface area (Å²) in [5, 5.41) is 13.4. The van der Waals surface area contributed by atoms with E-state index < -0.39 is 6.10 Å². The SMILES string of the molecule is CNC(=O)[C@H](Cc1cncs1)CC(O)CN1CCN(Cc2ccc(-c3ccc(C)cc3)o2)CC1. The number of thiazole rings is 1. The Morgan fingerprint density at radius 2 is 1.88 bits per heavy atom. The molecule has 7 nitrogen and oxygen atoms in total. The molecule has 2 atom stereocenters. The first kappa shape index (κ1) is 24.6. The van der Waals surface area contributed by atoms with Crippen molar-refractivity contribution in [2.24, 2.45) is 5.92 Å². The van der Waals surface area contributed by atoms with Crippen LogP contribution >= 0.6 is 11.3 Å². The lowest BCUT2D eigenvalue weighted by atomic mass is 9.96. The van der Waals surface area contributed by atoms with Crippen LogP contribution in [0.4, 0.5) is 0 Å². The number of hydrogen-bond acceptors (Lipinski definition) is 7. The van der Waals surface area contributed by atoms with Crippen LogP contribution in [0.1, 0.15) is 22.6 Å². The predicted molar refractivity (Wildman–Crippen MR) is 135 cm³/mol. The number of nitrogens with zero attached hydrogens (tertiary/aromatic N) is 3. The number of hydrogen-bond donors (Lipinski definition) is 2. The lowest BCUT2D eigenvalue weighted by Gasteiger charge is -2.35. The molecule has 1 aliphatic heterocycles. The first-order valence-electron chi connectivity index (χ1n) is 11.9. The molecule has 0 bridgehead atoms. The Bertz CT molecular complexity index is 1030. The van der Waals surface area contributed by atoms with Crippen LogP contribution in [0.15, 0.2) is 52.5 Å². The normalized spacial score (nSPS) is 16.9. The fourth-order valence-corrected chi connectivity index (χ4v) is 5.14. The third-order valence-corrected chi connectivity index (χ3v) is 7.22. The molecular formula is C26H34N4O3S. The molecule has 0 aliphatic carbocycles. The Balaban J connectivity index is 1.23. The molecule has 1 aromatic carbocycles. The third kappa shape index (κ3) is 6.76. The number of aliphatic hydroxyl groups excluding tert-OH is 1. The van der Waals surface area contributed by atoms with Crippen LogP contribution in [-0.2, 0) is 17.8 Å². The van der Waals surface area contributed by atoms with Crippen LogP contribution in [0.3, 0.4) is 0 Å². The van der Waals surface area contributed by atoms with Crippen molar-refractivity contribution in [2.45, 2.75) is 32.4 Å². The smallest absolute Gasteiger partial charge is 0.223 e. The number of nitrogens with one attached hydrogen (secondary N) is 1. The second-order valence-corrected chi connectivity index (χ2v) is 10.1. The minimum Gasteiger partial charge on any atom is -0.460 e.